The topological polar surface area (TPSA) is 48.4 Å². The van der Waals surface area contributed by atoms with Gasteiger partial charge < -0.3 is 9.47 Å². The minimum absolute atomic E-state index is 0.210. The number of nitrogens with zero attached hydrogens (tertiary/aromatic N) is 1. The van der Waals surface area contributed by atoms with Crippen LogP contribution in [0.25, 0.3) is 0 Å². The lowest BCUT2D eigenvalue weighted by molar-refractivity contribution is 0.111. The van der Waals surface area contributed by atoms with Crippen LogP contribution in [0.3, 0.4) is 0 Å². The predicted molar refractivity (Wildman–Crippen MR) is 72.0 cm³/mol. The highest BCUT2D eigenvalue weighted by atomic mass is 35.5. The first kappa shape index (κ1) is 13.4. The molecule has 0 fully saturated rings. The van der Waals surface area contributed by atoms with E-state index in [-0.39, 0.29) is 6.61 Å². The smallest absolute Gasteiger partial charge is 0.213 e. The van der Waals surface area contributed by atoms with Crippen molar-refractivity contribution in [3.63, 3.8) is 0 Å². The van der Waals surface area contributed by atoms with Gasteiger partial charge in [-0.1, -0.05) is 23.7 Å². The summed E-state index contributed by atoms with van der Waals surface area (Å²) in [4.78, 5) is 15.1. The summed E-state index contributed by atoms with van der Waals surface area (Å²) in [5, 5.41) is 0.396. The van der Waals surface area contributed by atoms with Crippen molar-refractivity contribution in [2.45, 2.75) is 6.61 Å². The second kappa shape index (κ2) is 6.20. The fourth-order valence-electron chi connectivity index (χ4n) is 1.57. The van der Waals surface area contributed by atoms with Gasteiger partial charge in [-0.05, 0) is 18.2 Å². The zero-order valence-corrected chi connectivity index (χ0v) is 11.1. The molecule has 4 nitrogen and oxygen atoms in total. The van der Waals surface area contributed by atoms with Gasteiger partial charge in [-0.25, -0.2) is 4.98 Å². The molecule has 0 aliphatic rings. The van der Waals surface area contributed by atoms with Crippen molar-refractivity contribution in [3.05, 3.63) is 52.7 Å². The fourth-order valence-corrected chi connectivity index (χ4v) is 1.80. The number of halogens is 1. The van der Waals surface area contributed by atoms with E-state index in [9.17, 15) is 4.79 Å². The molecule has 0 aliphatic heterocycles. The molecule has 0 saturated carbocycles. The number of ether oxygens (including phenoxy) is 2. The van der Waals surface area contributed by atoms with Gasteiger partial charge in [0, 0.05) is 6.07 Å². The highest BCUT2D eigenvalue weighted by Crippen LogP contribution is 2.28. The SMILES string of the molecule is COc1cccc(COc2c(Cl)cccc2C=O)n1. The highest BCUT2D eigenvalue weighted by molar-refractivity contribution is 6.32. The van der Waals surface area contributed by atoms with Gasteiger partial charge in [0.1, 0.15) is 12.4 Å². The van der Waals surface area contributed by atoms with Gasteiger partial charge in [0.05, 0.1) is 23.4 Å². The number of hydrogen-bond acceptors (Lipinski definition) is 4. The van der Waals surface area contributed by atoms with Crippen molar-refractivity contribution in [3.8, 4) is 11.6 Å². The van der Waals surface area contributed by atoms with Crippen LogP contribution >= 0.6 is 11.6 Å². The number of hydrogen-bond donors (Lipinski definition) is 0. The van der Waals surface area contributed by atoms with Crippen LogP contribution in [-0.2, 0) is 6.61 Å². The molecule has 2 rings (SSSR count). The molecule has 0 unspecified atom stereocenters. The number of carbonyl (C=O) groups excluding carboxylic acids is 1. The van der Waals surface area contributed by atoms with E-state index in [4.69, 9.17) is 21.1 Å². The molecule has 0 atom stereocenters. The third-order valence-electron chi connectivity index (χ3n) is 2.48. The number of carbonyl (C=O) groups is 1. The Morgan fingerprint density at radius 2 is 2.05 bits per heavy atom. The van der Waals surface area contributed by atoms with Gasteiger partial charge in [0.15, 0.2) is 6.29 Å². The second-order valence-corrected chi connectivity index (χ2v) is 4.14. The number of pyridine rings is 1. The molecular formula is C14H12ClNO3. The maximum absolute atomic E-state index is 10.9. The van der Waals surface area contributed by atoms with Crippen molar-refractivity contribution in [2.75, 3.05) is 7.11 Å². The van der Waals surface area contributed by atoms with E-state index in [0.717, 1.165) is 0 Å². The van der Waals surface area contributed by atoms with Crippen LogP contribution in [0.15, 0.2) is 36.4 Å². The first-order chi connectivity index (χ1) is 9.24. The average molecular weight is 278 g/mol. The minimum atomic E-state index is 0.210. The van der Waals surface area contributed by atoms with Crippen LogP contribution in [0.1, 0.15) is 16.1 Å². The summed E-state index contributed by atoms with van der Waals surface area (Å²) < 4.78 is 10.6. The number of benzene rings is 1. The van der Waals surface area contributed by atoms with Crippen molar-refractivity contribution in [1.29, 1.82) is 0 Å². The second-order valence-electron chi connectivity index (χ2n) is 3.74. The minimum Gasteiger partial charge on any atom is -0.485 e. The molecule has 5 heteroatoms. The third-order valence-corrected chi connectivity index (χ3v) is 2.78. The van der Waals surface area contributed by atoms with Gasteiger partial charge >= 0.3 is 0 Å². The van der Waals surface area contributed by atoms with E-state index in [1.165, 1.54) is 0 Å². The molecule has 0 saturated heterocycles. The fraction of sp³-hybridized carbons (Fsp3) is 0.143. The van der Waals surface area contributed by atoms with Gasteiger partial charge in [0.2, 0.25) is 5.88 Å². The van der Waals surface area contributed by atoms with E-state index in [2.05, 4.69) is 4.98 Å². The summed E-state index contributed by atoms with van der Waals surface area (Å²) in [5.41, 5.74) is 1.10. The average Bonchev–Trinajstić information content (AvgIpc) is 2.46. The quantitative estimate of drug-likeness (QED) is 0.788. The summed E-state index contributed by atoms with van der Waals surface area (Å²) >= 11 is 6.00. The molecule has 0 N–H and O–H groups in total. The maximum Gasteiger partial charge on any atom is 0.213 e. The van der Waals surface area contributed by atoms with Crippen LogP contribution in [0.5, 0.6) is 11.6 Å². The molecular weight excluding hydrogens is 266 g/mol. The lowest BCUT2D eigenvalue weighted by Gasteiger charge is -2.10. The molecule has 0 aliphatic carbocycles. The van der Waals surface area contributed by atoms with Crippen LogP contribution in [0.4, 0.5) is 0 Å². The number of aldehydes is 1. The van der Waals surface area contributed by atoms with Crippen molar-refractivity contribution >= 4 is 17.9 Å². The Kier molecular flexibility index (Phi) is 4.36. The number of rotatable bonds is 5. The Morgan fingerprint density at radius 1 is 1.26 bits per heavy atom. The number of methoxy groups -OCH3 is 1. The van der Waals surface area contributed by atoms with Crippen molar-refractivity contribution in [2.24, 2.45) is 0 Å². The summed E-state index contributed by atoms with van der Waals surface area (Å²) in [7, 11) is 1.55. The summed E-state index contributed by atoms with van der Waals surface area (Å²) in [6.45, 7) is 0.210. The van der Waals surface area contributed by atoms with E-state index >= 15 is 0 Å². The molecule has 0 spiro atoms. The molecule has 1 aromatic heterocycles. The largest absolute Gasteiger partial charge is 0.485 e. The Balaban J connectivity index is 2.16. The van der Waals surface area contributed by atoms with E-state index in [1.54, 1.807) is 37.4 Å². The number of aromatic nitrogens is 1. The first-order valence-electron chi connectivity index (χ1n) is 5.61. The Morgan fingerprint density at radius 3 is 2.79 bits per heavy atom. The molecule has 0 bridgehead atoms. The van der Waals surface area contributed by atoms with Gasteiger partial charge in [-0.15, -0.1) is 0 Å². The molecule has 98 valence electrons. The van der Waals surface area contributed by atoms with Gasteiger partial charge in [0.25, 0.3) is 0 Å². The van der Waals surface area contributed by atoms with Crippen LogP contribution in [0, 0.1) is 0 Å². The maximum atomic E-state index is 10.9. The molecule has 0 radical (unpaired) electrons. The van der Waals surface area contributed by atoms with Crippen LogP contribution in [-0.4, -0.2) is 18.4 Å². The highest BCUT2D eigenvalue weighted by Gasteiger charge is 2.08. The zero-order chi connectivity index (χ0) is 13.7. The van der Waals surface area contributed by atoms with E-state index in [1.807, 2.05) is 6.07 Å². The lowest BCUT2D eigenvalue weighted by atomic mass is 10.2. The van der Waals surface area contributed by atoms with Gasteiger partial charge in [-0.2, -0.15) is 0 Å². The molecule has 0 amide bonds. The normalized spacial score (nSPS) is 10.0. The first-order valence-corrected chi connectivity index (χ1v) is 5.99. The molecule has 1 aromatic carbocycles. The van der Waals surface area contributed by atoms with Crippen LogP contribution in [0.2, 0.25) is 5.02 Å². The summed E-state index contributed by atoms with van der Waals surface area (Å²) in [6.07, 6.45) is 0.709. The standard InChI is InChI=1S/C14H12ClNO3/c1-18-13-7-3-5-11(16-13)9-19-14-10(8-17)4-2-6-12(14)15/h2-8H,9H2,1H3. The van der Waals surface area contributed by atoms with E-state index in [0.29, 0.717) is 34.2 Å². The van der Waals surface area contributed by atoms with Crippen LogP contribution < -0.4 is 9.47 Å². The molecule has 19 heavy (non-hydrogen) atoms. The third kappa shape index (κ3) is 3.23. The van der Waals surface area contributed by atoms with Crippen molar-refractivity contribution < 1.29 is 14.3 Å². The van der Waals surface area contributed by atoms with Gasteiger partial charge in [-0.3, -0.25) is 4.79 Å². The Labute approximate surface area is 115 Å². The van der Waals surface area contributed by atoms with Crippen molar-refractivity contribution in [1.82, 2.24) is 4.98 Å². The molecule has 2 aromatic rings. The Bertz CT molecular complexity index is 587. The summed E-state index contributed by atoms with van der Waals surface area (Å²) in [6, 6.07) is 10.4. The number of para-hydroxylation sites is 1. The zero-order valence-electron chi connectivity index (χ0n) is 10.3. The predicted octanol–water partition coefficient (Wildman–Crippen LogP) is 3.14. The molecule has 1 heterocycles. The lowest BCUT2D eigenvalue weighted by Crippen LogP contribution is -2.01. The summed E-state index contributed by atoms with van der Waals surface area (Å²) in [5.74, 6) is 0.875. The Hall–Kier alpha value is -2.07. The van der Waals surface area contributed by atoms with E-state index < -0.39 is 0 Å². The monoisotopic (exact) mass is 277 g/mol.